The molecular weight excluding hydrogens is 414 g/mol. The molecule has 2 aliphatic carbocycles. The number of likely N-dealkylation sites (tertiary alicyclic amines) is 1. The molecule has 3 fully saturated rings. The average Bonchev–Trinajstić information content (AvgIpc) is 3.71. The van der Waals surface area contributed by atoms with E-state index in [9.17, 15) is 4.79 Å². The van der Waals surface area contributed by atoms with Crippen LogP contribution < -0.4 is 5.32 Å². The SMILES string of the molecule is Cc1nn(C2CCN(C(=O)C3CC3)CC2)cc1Nc1ncc2c(Cl)cc(C3CC3)n2n1. The molecule has 0 spiro atoms. The molecule has 1 aliphatic heterocycles. The van der Waals surface area contributed by atoms with E-state index in [1.165, 1.54) is 12.8 Å². The summed E-state index contributed by atoms with van der Waals surface area (Å²) in [6, 6.07) is 2.32. The van der Waals surface area contributed by atoms with Gasteiger partial charge in [0.1, 0.15) is 5.52 Å². The van der Waals surface area contributed by atoms with E-state index < -0.39 is 0 Å². The van der Waals surface area contributed by atoms with Crippen molar-refractivity contribution in [3.8, 4) is 0 Å². The molecule has 31 heavy (non-hydrogen) atoms. The number of amides is 1. The Morgan fingerprint density at radius 2 is 1.90 bits per heavy atom. The molecule has 3 aromatic heterocycles. The normalized spacial score (nSPS) is 19.9. The molecule has 4 heterocycles. The highest BCUT2D eigenvalue weighted by atomic mass is 35.5. The first kappa shape index (κ1) is 19.1. The highest BCUT2D eigenvalue weighted by Crippen LogP contribution is 2.42. The maximum absolute atomic E-state index is 12.3. The van der Waals surface area contributed by atoms with Crippen molar-refractivity contribution in [1.82, 2.24) is 29.3 Å². The number of hydrogen-bond donors (Lipinski definition) is 1. The van der Waals surface area contributed by atoms with Crippen molar-refractivity contribution in [2.24, 2.45) is 5.92 Å². The lowest BCUT2D eigenvalue weighted by molar-refractivity contribution is -0.133. The summed E-state index contributed by atoms with van der Waals surface area (Å²) in [6.07, 6.45) is 10.2. The van der Waals surface area contributed by atoms with Gasteiger partial charge in [-0.05, 0) is 51.5 Å². The van der Waals surface area contributed by atoms with Crippen molar-refractivity contribution in [3.05, 3.63) is 34.9 Å². The summed E-state index contributed by atoms with van der Waals surface area (Å²) in [5.41, 5.74) is 3.81. The zero-order valence-electron chi connectivity index (χ0n) is 17.6. The summed E-state index contributed by atoms with van der Waals surface area (Å²) >= 11 is 6.37. The number of piperidine rings is 1. The third-order valence-electron chi connectivity index (χ3n) is 6.73. The van der Waals surface area contributed by atoms with Gasteiger partial charge in [-0.1, -0.05) is 11.6 Å². The van der Waals surface area contributed by atoms with Crippen LogP contribution in [0.4, 0.5) is 11.6 Å². The number of halogens is 1. The molecule has 3 aromatic rings. The van der Waals surface area contributed by atoms with Gasteiger partial charge in [0.25, 0.3) is 0 Å². The van der Waals surface area contributed by atoms with E-state index in [-0.39, 0.29) is 0 Å². The second-order valence-corrected chi connectivity index (χ2v) is 9.54. The molecular formula is C22H26ClN7O. The van der Waals surface area contributed by atoms with Crippen LogP contribution in [0.25, 0.3) is 5.52 Å². The van der Waals surface area contributed by atoms with Crippen LogP contribution in [0.1, 0.15) is 61.9 Å². The summed E-state index contributed by atoms with van der Waals surface area (Å²) in [5, 5.41) is 13.5. The van der Waals surface area contributed by atoms with Gasteiger partial charge < -0.3 is 10.2 Å². The second kappa shape index (κ2) is 7.22. The van der Waals surface area contributed by atoms with E-state index in [0.29, 0.717) is 34.8 Å². The van der Waals surface area contributed by atoms with Gasteiger partial charge in [0.05, 0.1) is 28.6 Å². The summed E-state index contributed by atoms with van der Waals surface area (Å²) < 4.78 is 3.96. The van der Waals surface area contributed by atoms with Gasteiger partial charge in [0.15, 0.2) is 0 Å². The van der Waals surface area contributed by atoms with Crippen LogP contribution >= 0.6 is 11.6 Å². The Labute approximate surface area is 185 Å². The Morgan fingerprint density at radius 3 is 2.61 bits per heavy atom. The topological polar surface area (TPSA) is 80.4 Å². The molecule has 3 aliphatic rings. The van der Waals surface area contributed by atoms with Crippen molar-refractivity contribution in [3.63, 3.8) is 0 Å². The number of hydrogen-bond acceptors (Lipinski definition) is 5. The lowest BCUT2D eigenvalue weighted by atomic mass is 10.0. The number of anilines is 2. The zero-order valence-corrected chi connectivity index (χ0v) is 18.3. The largest absolute Gasteiger partial charge is 0.342 e. The molecule has 8 nitrogen and oxygen atoms in total. The van der Waals surface area contributed by atoms with Gasteiger partial charge in [-0.15, -0.1) is 5.10 Å². The number of nitrogens with zero attached hydrogens (tertiary/aromatic N) is 6. The molecule has 2 saturated carbocycles. The highest BCUT2D eigenvalue weighted by Gasteiger charge is 2.35. The smallest absolute Gasteiger partial charge is 0.245 e. The number of aromatic nitrogens is 5. The van der Waals surface area contributed by atoms with Crippen molar-refractivity contribution in [2.45, 2.75) is 57.4 Å². The van der Waals surface area contributed by atoms with Gasteiger partial charge in [-0.25, -0.2) is 9.50 Å². The predicted molar refractivity (Wildman–Crippen MR) is 118 cm³/mol. The molecule has 0 aromatic carbocycles. The van der Waals surface area contributed by atoms with Crippen LogP contribution in [0.5, 0.6) is 0 Å². The summed E-state index contributed by atoms with van der Waals surface area (Å²) in [5.74, 6) is 1.73. The fourth-order valence-corrected chi connectivity index (χ4v) is 4.79. The minimum atomic E-state index is 0.298. The van der Waals surface area contributed by atoms with E-state index in [4.69, 9.17) is 21.8 Å². The van der Waals surface area contributed by atoms with Gasteiger partial charge in [-0.2, -0.15) is 5.10 Å². The lowest BCUT2D eigenvalue weighted by Gasteiger charge is -2.32. The zero-order chi connectivity index (χ0) is 21.1. The molecule has 0 unspecified atom stereocenters. The molecule has 1 saturated heterocycles. The first-order valence-corrected chi connectivity index (χ1v) is 11.6. The highest BCUT2D eigenvalue weighted by molar-refractivity contribution is 6.34. The number of fused-ring (bicyclic) bond motifs is 1. The molecule has 1 N–H and O–H groups in total. The quantitative estimate of drug-likeness (QED) is 0.647. The van der Waals surface area contributed by atoms with Crippen LogP contribution in [0.15, 0.2) is 18.5 Å². The van der Waals surface area contributed by atoms with Crippen molar-refractivity contribution in [2.75, 3.05) is 18.4 Å². The minimum Gasteiger partial charge on any atom is -0.342 e. The molecule has 1 amide bonds. The number of rotatable bonds is 5. The van der Waals surface area contributed by atoms with Crippen LogP contribution in [0.3, 0.4) is 0 Å². The van der Waals surface area contributed by atoms with Crippen molar-refractivity contribution in [1.29, 1.82) is 0 Å². The fraction of sp³-hybridized carbons (Fsp3) is 0.545. The Hall–Kier alpha value is -2.61. The maximum atomic E-state index is 12.3. The van der Waals surface area contributed by atoms with Crippen molar-refractivity contribution >= 4 is 34.7 Å². The van der Waals surface area contributed by atoms with Gasteiger partial charge in [-0.3, -0.25) is 9.48 Å². The number of nitrogens with one attached hydrogen (secondary N) is 1. The molecule has 0 radical (unpaired) electrons. The van der Waals surface area contributed by atoms with E-state index >= 15 is 0 Å². The van der Waals surface area contributed by atoms with Crippen LogP contribution in [0, 0.1) is 12.8 Å². The first-order valence-electron chi connectivity index (χ1n) is 11.2. The summed E-state index contributed by atoms with van der Waals surface area (Å²) in [7, 11) is 0. The van der Waals surface area contributed by atoms with E-state index in [0.717, 1.165) is 61.4 Å². The van der Waals surface area contributed by atoms with Crippen LogP contribution in [-0.2, 0) is 4.79 Å². The Balaban J connectivity index is 1.18. The van der Waals surface area contributed by atoms with E-state index in [1.54, 1.807) is 6.20 Å². The Bertz CT molecular complexity index is 1150. The number of carbonyl (C=O) groups is 1. The third kappa shape index (κ3) is 3.56. The van der Waals surface area contributed by atoms with E-state index in [2.05, 4.69) is 10.3 Å². The number of aryl methyl sites for hydroxylation is 1. The van der Waals surface area contributed by atoms with Crippen molar-refractivity contribution < 1.29 is 4.79 Å². The minimum absolute atomic E-state index is 0.298. The third-order valence-corrected chi connectivity index (χ3v) is 7.03. The van der Waals surface area contributed by atoms with Gasteiger partial charge >= 0.3 is 0 Å². The summed E-state index contributed by atoms with van der Waals surface area (Å²) in [6.45, 7) is 3.63. The fourth-order valence-electron chi connectivity index (χ4n) is 4.55. The second-order valence-electron chi connectivity index (χ2n) is 9.13. The average molecular weight is 440 g/mol. The molecule has 9 heteroatoms. The summed E-state index contributed by atoms with van der Waals surface area (Å²) in [4.78, 5) is 18.8. The predicted octanol–water partition coefficient (Wildman–Crippen LogP) is 4.08. The molecule has 6 rings (SSSR count). The monoisotopic (exact) mass is 439 g/mol. The van der Waals surface area contributed by atoms with E-state index in [1.807, 2.05) is 33.3 Å². The van der Waals surface area contributed by atoms with Crippen LogP contribution in [0.2, 0.25) is 5.02 Å². The standard InChI is InChI=1S/C22H26ClN7O/c1-13-18(12-29(26-13)16-6-8-28(9-7-16)21(31)15-4-5-15)25-22-24-11-20-17(23)10-19(14-2-3-14)30(20)27-22/h10-12,14-16H,2-9H2,1H3,(H,25,27). The van der Waals surface area contributed by atoms with Crippen LogP contribution in [-0.4, -0.2) is 48.3 Å². The first-order chi connectivity index (χ1) is 15.1. The van der Waals surface area contributed by atoms with Gasteiger partial charge in [0, 0.05) is 36.8 Å². The van der Waals surface area contributed by atoms with Gasteiger partial charge in [0.2, 0.25) is 11.9 Å². The maximum Gasteiger partial charge on any atom is 0.245 e. The molecule has 0 bridgehead atoms. The Morgan fingerprint density at radius 1 is 1.13 bits per heavy atom. The molecule has 162 valence electrons. The number of carbonyl (C=O) groups excluding carboxylic acids is 1. The Kier molecular flexibility index (Phi) is 4.45. The lowest BCUT2D eigenvalue weighted by Crippen LogP contribution is -2.39. The molecule has 0 atom stereocenters.